The second-order valence-corrected chi connectivity index (χ2v) is 8.80. The van der Waals surface area contributed by atoms with Crippen LogP contribution in [0, 0.1) is 0 Å². The zero-order chi connectivity index (χ0) is 24.6. The summed E-state index contributed by atoms with van der Waals surface area (Å²) in [6.45, 7) is 3.95. The molecule has 0 saturated carbocycles. The van der Waals surface area contributed by atoms with Crippen LogP contribution in [-0.4, -0.2) is 32.9 Å². The molecule has 3 rings (SSSR count). The van der Waals surface area contributed by atoms with Crippen LogP contribution in [0.2, 0.25) is 0 Å². The van der Waals surface area contributed by atoms with E-state index in [9.17, 15) is 18.0 Å². The number of hydrazine groups is 1. The fourth-order valence-electron chi connectivity index (χ4n) is 2.78. The van der Waals surface area contributed by atoms with Gasteiger partial charge in [-0.05, 0) is 74.5 Å². The van der Waals surface area contributed by atoms with Gasteiger partial charge in [-0.1, -0.05) is 0 Å². The third-order valence-electron chi connectivity index (χ3n) is 4.56. The molecule has 11 heteroatoms. The van der Waals surface area contributed by atoms with E-state index in [1.165, 1.54) is 37.5 Å². The molecule has 2 amide bonds. The zero-order valence-corrected chi connectivity index (χ0v) is 19.4. The van der Waals surface area contributed by atoms with E-state index in [1.54, 1.807) is 36.4 Å². The van der Waals surface area contributed by atoms with Crippen LogP contribution in [0.15, 0.2) is 76.2 Å². The van der Waals surface area contributed by atoms with Gasteiger partial charge in [0.2, 0.25) is 10.0 Å². The number of nitrogens with one attached hydrogen (secondary N) is 3. The quantitative estimate of drug-likeness (QED) is 0.374. The highest BCUT2D eigenvalue weighted by Gasteiger charge is 2.18. The van der Waals surface area contributed by atoms with E-state index in [0.29, 0.717) is 23.9 Å². The topological polar surface area (TPSA) is 136 Å². The van der Waals surface area contributed by atoms with Crippen molar-refractivity contribution in [1.29, 1.82) is 0 Å². The fraction of sp³-hybridized carbons (Fsp3) is 0.217. The van der Waals surface area contributed by atoms with Gasteiger partial charge < -0.3 is 13.9 Å². The van der Waals surface area contributed by atoms with Gasteiger partial charge >= 0.3 is 0 Å². The van der Waals surface area contributed by atoms with Crippen molar-refractivity contribution in [3.05, 3.63) is 78.3 Å². The molecule has 0 aliphatic rings. The molecule has 1 heterocycles. The maximum Gasteiger partial charge on any atom is 0.279 e. The fourth-order valence-corrected chi connectivity index (χ4v) is 3.77. The Labute approximate surface area is 197 Å². The zero-order valence-electron chi connectivity index (χ0n) is 18.6. The molecule has 1 unspecified atom stereocenters. The number of amides is 2. The van der Waals surface area contributed by atoms with Crippen molar-refractivity contribution in [2.75, 3.05) is 6.61 Å². The molecule has 180 valence electrons. The Morgan fingerprint density at radius 1 is 0.971 bits per heavy atom. The Morgan fingerprint density at radius 3 is 2.26 bits per heavy atom. The Kier molecular flexibility index (Phi) is 8.28. The van der Waals surface area contributed by atoms with Gasteiger partial charge in [0.1, 0.15) is 17.3 Å². The summed E-state index contributed by atoms with van der Waals surface area (Å²) in [6, 6.07) is 15.3. The smallest absolute Gasteiger partial charge is 0.279 e. The maximum absolute atomic E-state index is 12.4. The van der Waals surface area contributed by atoms with Crippen LogP contribution in [0.4, 0.5) is 0 Å². The van der Waals surface area contributed by atoms with Gasteiger partial charge in [0.15, 0.2) is 6.10 Å². The first-order chi connectivity index (χ1) is 16.3. The summed E-state index contributed by atoms with van der Waals surface area (Å²) >= 11 is 0. The SMILES string of the molecule is CCOc1ccc(OC(C)C(=O)NNC(=O)c2ccc(S(=O)(=O)NCc3ccco3)cc2)cc1. The van der Waals surface area contributed by atoms with Crippen molar-refractivity contribution in [3.8, 4) is 11.5 Å². The number of carbonyl (C=O) groups is 2. The van der Waals surface area contributed by atoms with Gasteiger partial charge in [-0.15, -0.1) is 0 Å². The molecule has 0 radical (unpaired) electrons. The summed E-state index contributed by atoms with van der Waals surface area (Å²) in [7, 11) is -3.79. The summed E-state index contributed by atoms with van der Waals surface area (Å²) in [6.07, 6.45) is 0.564. The highest BCUT2D eigenvalue weighted by atomic mass is 32.2. The minimum atomic E-state index is -3.79. The largest absolute Gasteiger partial charge is 0.494 e. The van der Waals surface area contributed by atoms with Crippen LogP contribution in [0.25, 0.3) is 0 Å². The number of rotatable bonds is 10. The van der Waals surface area contributed by atoms with E-state index in [0.717, 1.165) is 0 Å². The lowest BCUT2D eigenvalue weighted by Crippen LogP contribution is -2.47. The van der Waals surface area contributed by atoms with Crippen LogP contribution in [0.1, 0.15) is 30.0 Å². The molecule has 0 aliphatic heterocycles. The van der Waals surface area contributed by atoms with Crippen LogP contribution >= 0.6 is 0 Å². The van der Waals surface area contributed by atoms with E-state index in [4.69, 9.17) is 13.9 Å². The van der Waals surface area contributed by atoms with Crippen molar-refractivity contribution >= 4 is 21.8 Å². The Bertz CT molecular complexity index is 1190. The second-order valence-electron chi connectivity index (χ2n) is 7.04. The molecule has 2 aromatic carbocycles. The molecule has 0 bridgehead atoms. The van der Waals surface area contributed by atoms with E-state index >= 15 is 0 Å². The minimum Gasteiger partial charge on any atom is -0.494 e. The van der Waals surface area contributed by atoms with Gasteiger partial charge in [-0.2, -0.15) is 0 Å². The monoisotopic (exact) mass is 487 g/mol. The van der Waals surface area contributed by atoms with Crippen molar-refractivity contribution in [1.82, 2.24) is 15.6 Å². The molecule has 0 spiro atoms. The predicted octanol–water partition coefficient (Wildman–Crippen LogP) is 2.39. The number of hydrogen-bond acceptors (Lipinski definition) is 7. The number of furan rings is 1. The summed E-state index contributed by atoms with van der Waals surface area (Å²) in [4.78, 5) is 24.5. The number of sulfonamides is 1. The van der Waals surface area contributed by atoms with Crippen LogP contribution in [0.3, 0.4) is 0 Å². The highest BCUT2D eigenvalue weighted by Crippen LogP contribution is 2.18. The average molecular weight is 488 g/mol. The Hall–Kier alpha value is -3.83. The van der Waals surface area contributed by atoms with Crippen LogP contribution in [0.5, 0.6) is 11.5 Å². The van der Waals surface area contributed by atoms with E-state index in [-0.39, 0.29) is 17.0 Å². The van der Waals surface area contributed by atoms with Crippen molar-refractivity contribution < 1.29 is 31.9 Å². The van der Waals surface area contributed by atoms with E-state index in [2.05, 4.69) is 15.6 Å². The second kappa shape index (κ2) is 11.3. The average Bonchev–Trinajstić information content (AvgIpc) is 3.36. The normalized spacial score (nSPS) is 11.9. The summed E-state index contributed by atoms with van der Waals surface area (Å²) in [5.41, 5.74) is 4.72. The number of hydrogen-bond donors (Lipinski definition) is 3. The lowest BCUT2D eigenvalue weighted by atomic mass is 10.2. The summed E-state index contributed by atoms with van der Waals surface area (Å²) in [5.74, 6) is 0.440. The van der Waals surface area contributed by atoms with Gasteiger partial charge in [-0.25, -0.2) is 13.1 Å². The first-order valence-corrected chi connectivity index (χ1v) is 11.9. The minimum absolute atomic E-state index is 0.000516. The summed E-state index contributed by atoms with van der Waals surface area (Å²) < 4.78 is 43.1. The number of benzene rings is 2. The molecule has 3 aromatic rings. The molecular formula is C23H25N3O7S. The molecule has 1 atom stereocenters. The first-order valence-electron chi connectivity index (χ1n) is 10.4. The van der Waals surface area contributed by atoms with Crippen molar-refractivity contribution in [2.24, 2.45) is 0 Å². The third kappa shape index (κ3) is 6.83. The molecule has 0 saturated heterocycles. The molecule has 10 nitrogen and oxygen atoms in total. The summed E-state index contributed by atoms with van der Waals surface area (Å²) in [5, 5.41) is 0. The lowest BCUT2D eigenvalue weighted by Gasteiger charge is -2.15. The van der Waals surface area contributed by atoms with Gasteiger partial charge in [0.25, 0.3) is 11.8 Å². The number of ether oxygens (including phenoxy) is 2. The van der Waals surface area contributed by atoms with E-state index in [1.807, 2.05) is 6.92 Å². The van der Waals surface area contributed by atoms with E-state index < -0.39 is 27.9 Å². The molecule has 3 N–H and O–H groups in total. The maximum atomic E-state index is 12.4. The van der Waals surface area contributed by atoms with Gasteiger partial charge in [0.05, 0.1) is 24.3 Å². The Balaban J connectivity index is 1.49. The van der Waals surface area contributed by atoms with Crippen LogP contribution < -0.4 is 25.0 Å². The molecule has 1 aromatic heterocycles. The lowest BCUT2D eigenvalue weighted by molar-refractivity contribution is -0.128. The highest BCUT2D eigenvalue weighted by molar-refractivity contribution is 7.89. The first kappa shape index (κ1) is 24.8. The molecule has 0 aliphatic carbocycles. The predicted molar refractivity (Wildman–Crippen MR) is 122 cm³/mol. The Morgan fingerprint density at radius 2 is 1.65 bits per heavy atom. The standard InChI is InChI=1S/C23H25N3O7S/c1-3-31-18-8-10-19(11-9-18)33-16(2)22(27)25-26-23(28)17-6-12-21(13-7-17)34(29,30)24-15-20-5-4-14-32-20/h4-14,16,24H,3,15H2,1-2H3,(H,25,27)(H,26,28). The third-order valence-corrected chi connectivity index (χ3v) is 5.98. The number of carbonyl (C=O) groups excluding carboxylic acids is 2. The van der Waals surface area contributed by atoms with Crippen LogP contribution in [-0.2, 0) is 21.4 Å². The molecule has 34 heavy (non-hydrogen) atoms. The van der Waals surface area contributed by atoms with Crippen molar-refractivity contribution in [3.63, 3.8) is 0 Å². The van der Waals surface area contributed by atoms with Gasteiger partial charge in [0, 0.05) is 5.56 Å². The van der Waals surface area contributed by atoms with Crippen molar-refractivity contribution in [2.45, 2.75) is 31.4 Å². The molecular weight excluding hydrogens is 462 g/mol. The van der Waals surface area contributed by atoms with Gasteiger partial charge in [-0.3, -0.25) is 20.4 Å². The molecule has 0 fully saturated rings.